The Labute approximate surface area is 194 Å². The zero-order chi connectivity index (χ0) is 22.0. The van der Waals surface area contributed by atoms with Gasteiger partial charge < -0.3 is 4.74 Å². The summed E-state index contributed by atoms with van der Waals surface area (Å²) in [6.45, 7) is 2.62. The SMILES string of the molecule is CCCOc1ccc2ccccc2c1/C=C1\SC(=O)N(Cc2c(Cl)cccc2Cl)C1=O. The minimum atomic E-state index is -0.375. The first-order valence-corrected chi connectivity index (χ1v) is 11.4. The number of hydrogen-bond acceptors (Lipinski definition) is 4. The average molecular weight is 472 g/mol. The Bertz CT molecular complexity index is 1190. The number of rotatable bonds is 6. The number of imide groups is 1. The Morgan fingerprint density at radius 1 is 1.00 bits per heavy atom. The molecule has 7 heteroatoms. The highest BCUT2D eigenvalue weighted by molar-refractivity contribution is 8.18. The molecule has 4 rings (SSSR count). The second-order valence-electron chi connectivity index (χ2n) is 7.02. The number of benzene rings is 3. The molecule has 3 aromatic rings. The molecule has 0 N–H and O–H groups in total. The molecule has 1 heterocycles. The van der Waals surface area contributed by atoms with Crippen LogP contribution in [0.15, 0.2) is 59.5 Å². The maximum Gasteiger partial charge on any atom is 0.293 e. The molecule has 0 unspecified atom stereocenters. The van der Waals surface area contributed by atoms with Crippen LogP contribution in [0.25, 0.3) is 16.8 Å². The minimum Gasteiger partial charge on any atom is -0.493 e. The third kappa shape index (κ3) is 4.45. The van der Waals surface area contributed by atoms with Crippen molar-refractivity contribution in [3.05, 3.63) is 80.7 Å². The lowest BCUT2D eigenvalue weighted by Gasteiger charge is -2.15. The lowest BCUT2D eigenvalue weighted by Crippen LogP contribution is -2.27. The zero-order valence-corrected chi connectivity index (χ0v) is 19.1. The van der Waals surface area contributed by atoms with Crippen molar-refractivity contribution in [1.82, 2.24) is 4.90 Å². The smallest absolute Gasteiger partial charge is 0.293 e. The van der Waals surface area contributed by atoms with Gasteiger partial charge in [-0.1, -0.05) is 66.5 Å². The molecular weight excluding hydrogens is 453 g/mol. The number of halogens is 2. The summed E-state index contributed by atoms with van der Waals surface area (Å²) >= 11 is 13.4. The van der Waals surface area contributed by atoms with Gasteiger partial charge in [-0.15, -0.1) is 0 Å². The fraction of sp³-hybridized carbons (Fsp3) is 0.167. The maximum atomic E-state index is 13.1. The molecule has 0 atom stereocenters. The van der Waals surface area contributed by atoms with Crippen molar-refractivity contribution in [2.75, 3.05) is 6.61 Å². The Morgan fingerprint density at radius 3 is 2.48 bits per heavy atom. The fourth-order valence-corrected chi connectivity index (χ4v) is 4.71. The van der Waals surface area contributed by atoms with E-state index in [4.69, 9.17) is 27.9 Å². The normalized spacial score (nSPS) is 15.3. The Balaban J connectivity index is 1.72. The summed E-state index contributed by atoms with van der Waals surface area (Å²) in [5.41, 5.74) is 1.33. The summed E-state index contributed by atoms with van der Waals surface area (Å²) in [6.07, 6.45) is 2.60. The zero-order valence-electron chi connectivity index (χ0n) is 16.7. The highest BCUT2D eigenvalue weighted by atomic mass is 35.5. The number of carbonyl (C=O) groups is 2. The summed E-state index contributed by atoms with van der Waals surface area (Å²) in [5.74, 6) is 0.307. The van der Waals surface area contributed by atoms with E-state index in [1.165, 1.54) is 4.90 Å². The molecule has 2 amide bonds. The number of carbonyl (C=O) groups excluding carboxylic acids is 2. The molecule has 3 aromatic carbocycles. The number of thioether (sulfide) groups is 1. The molecule has 0 aliphatic carbocycles. The first-order valence-electron chi connectivity index (χ1n) is 9.82. The predicted octanol–water partition coefficient (Wildman–Crippen LogP) is 7.17. The lowest BCUT2D eigenvalue weighted by molar-refractivity contribution is -0.123. The van der Waals surface area contributed by atoms with Gasteiger partial charge in [-0.3, -0.25) is 14.5 Å². The van der Waals surface area contributed by atoms with E-state index in [-0.39, 0.29) is 17.7 Å². The van der Waals surface area contributed by atoms with E-state index < -0.39 is 0 Å². The molecule has 1 fully saturated rings. The minimum absolute atomic E-state index is 0.0231. The van der Waals surface area contributed by atoms with Crippen molar-refractivity contribution in [2.24, 2.45) is 0 Å². The van der Waals surface area contributed by atoms with Crippen LogP contribution >= 0.6 is 35.0 Å². The van der Waals surface area contributed by atoms with Gasteiger partial charge in [0, 0.05) is 21.2 Å². The number of nitrogens with zero attached hydrogens (tertiary/aromatic N) is 1. The van der Waals surface area contributed by atoms with Crippen LogP contribution in [0, 0.1) is 0 Å². The van der Waals surface area contributed by atoms with Crippen LogP contribution < -0.4 is 4.74 Å². The van der Waals surface area contributed by atoms with Gasteiger partial charge in [0.25, 0.3) is 11.1 Å². The van der Waals surface area contributed by atoms with Crippen LogP contribution in [0.5, 0.6) is 5.75 Å². The van der Waals surface area contributed by atoms with E-state index >= 15 is 0 Å². The molecule has 0 radical (unpaired) electrons. The molecule has 1 aliphatic heterocycles. The molecular formula is C24H19Cl2NO3S. The van der Waals surface area contributed by atoms with Crippen LogP contribution in [-0.4, -0.2) is 22.7 Å². The molecule has 0 saturated carbocycles. The first kappa shape index (κ1) is 21.8. The van der Waals surface area contributed by atoms with E-state index in [1.54, 1.807) is 24.3 Å². The number of ether oxygens (including phenoxy) is 1. The summed E-state index contributed by atoms with van der Waals surface area (Å²) in [5, 5.41) is 2.46. The molecule has 31 heavy (non-hydrogen) atoms. The van der Waals surface area contributed by atoms with E-state index in [2.05, 4.69) is 0 Å². The molecule has 0 spiro atoms. The number of hydrogen-bond donors (Lipinski definition) is 0. The Hall–Kier alpha value is -2.47. The Morgan fingerprint density at radius 2 is 1.74 bits per heavy atom. The van der Waals surface area contributed by atoms with Gasteiger partial charge in [-0.25, -0.2) is 0 Å². The van der Waals surface area contributed by atoms with Crippen molar-refractivity contribution >= 4 is 63.0 Å². The standard InChI is InChI=1S/C24H19Cl2NO3S/c1-2-12-30-21-11-10-15-6-3-4-7-16(15)17(21)13-22-23(28)27(24(29)31-22)14-18-19(25)8-5-9-20(18)26/h3-11,13H,2,12,14H2,1H3/b22-13-. The predicted molar refractivity (Wildman–Crippen MR) is 128 cm³/mol. The third-order valence-corrected chi connectivity index (χ3v) is 6.53. The maximum absolute atomic E-state index is 13.1. The van der Waals surface area contributed by atoms with Crippen LogP contribution in [0.4, 0.5) is 4.79 Å². The van der Waals surface area contributed by atoms with Crippen molar-refractivity contribution in [3.8, 4) is 5.75 Å². The number of amides is 2. The fourth-order valence-electron chi connectivity index (χ4n) is 3.37. The van der Waals surface area contributed by atoms with Crippen LogP contribution in [0.2, 0.25) is 10.0 Å². The summed E-state index contributed by atoms with van der Waals surface area (Å²) in [7, 11) is 0. The molecule has 1 saturated heterocycles. The number of fused-ring (bicyclic) bond motifs is 1. The monoisotopic (exact) mass is 471 g/mol. The highest BCUT2D eigenvalue weighted by Gasteiger charge is 2.36. The molecule has 158 valence electrons. The van der Waals surface area contributed by atoms with Gasteiger partial charge >= 0.3 is 0 Å². The molecule has 4 nitrogen and oxygen atoms in total. The van der Waals surface area contributed by atoms with Crippen LogP contribution in [-0.2, 0) is 11.3 Å². The summed E-state index contributed by atoms with van der Waals surface area (Å²) in [6, 6.07) is 16.9. The summed E-state index contributed by atoms with van der Waals surface area (Å²) in [4.78, 5) is 27.2. The highest BCUT2D eigenvalue weighted by Crippen LogP contribution is 2.38. The van der Waals surface area contributed by atoms with E-state index in [1.807, 2.05) is 43.3 Å². The second-order valence-corrected chi connectivity index (χ2v) is 8.82. The quantitative estimate of drug-likeness (QED) is 0.357. The van der Waals surface area contributed by atoms with Crippen molar-refractivity contribution in [1.29, 1.82) is 0 Å². The Kier molecular flexibility index (Phi) is 6.56. The molecule has 1 aliphatic rings. The van der Waals surface area contributed by atoms with Gasteiger partial charge in [0.05, 0.1) is 18.1 Å². The van der Waals surface area contributed by atoms with Gasteiger partial charge in [-0.2, -0.15) is 0 Å². The van der Waals surface area contributed by atoms with Crippen molar-refractivity contribution in [3.63, 3.8) is 0 Å². The second kappa shape index (κ2) is 9.35. The summed E-state index contributed by atoms with van der Waals surface area (Å²) < 4.78 is 5.92. The average Bonchev–Trinajstić information content (AvgIpc) is 3.03. The molecule has 0 aromatic heterocycles. The largest absolute Gasteiger partial charge is 0.493 e. The van der Waals surface area contributed by atoms with Gasteiger partial charge in [0.15, 0.2) is 0 Å². The van der Waals surface area contributed by atoms with Crippen molar-refractivity contribution < 1.29 is 14.3 Å². The van der Waals surface area contributed by atoms with E-state index in [0.29, 0.717) is 32.9 Å². The van der Waals surface area contributed by atoms with E-state index in [0.717, 1.165) is 34.5 Å². The molecule has 0 bridgehead atoms. The van der Waals surface area contributed by atoms with Crippen LogP contribution in [0.1, 0.15) is 24.5 Å². The topological polar surface area (TPSA) is 46.6 Å². The van der Waals surface area contributed by atoms with Gasteiger partial charge in [-0.05, 0) is 53.2 Å². The van der Waals surface area contributed by atoms with Crippen LogP contribution in [0.3, 0.4) is 0 Å². The third-order valence-electron chi connectivity index (χ3n) is 4.92. The van der Waals surface area contributed by atoms with Gasteiger partial charge in [0.2, 0.25) is 0 Å². The first-order chi connectivity index (χ1) is 15.0. The van der Waals surface area contributed by atoms with Gasteiger partial charge in [0.1, 0.15) is 5.75 Å². The van der Waals surface area contributed by atoms with E-state index in [9.17, 15) is 9.59 Å². The lowest BCUT2D eigenvalue weighted by atomic mass is 10.0. The van der Waals surface area contributed by atoms with Crippen molar-refractivity contribution in [2.45, 2.75) is 19.9 Å².